The fourth-order valence-corrected chi connectivity index (χ4v) is 5.21. The quantitative estimate of drug-likeness (QED) is 0.622. The summed E-state index contributed by atoms with van der Waals surface area (Å²) in [4.78, 5) is 17.7. The number of alkyl halides is 3. The highest BCUT2D eigenvalue weighted by molar-refractivity contribution is 7.99. The maximum absolute atomic E-state index is 12.6. The number of benzene rings is 1. The van der Waals surface area contributed by atoms with Gasteiger partial charge in [-0.05, 0) is 17.7 Å². The number of carbonyl (C=O) groups is 1. The van der Waals surface area contributed by atoms with E-state index < -0.39 is 21.8 Å². The summed E-state index contributed by atoms with van der Waals surface area (Å²) in [6, 6.07) is 11.0. The van der Waals surface area contributed by atoms with Crippen molar-refractivity contribution in [2.24, 2.45) is 0 Å². The van der Waals surface area contributed by atoms with E-state index in [9.17, 15) is 26.4 Å². The lowest BCUT2D eigenvalue weighted by Gasteiger charge is -2.34. The van der Waals surface area contributed by atoms with Crippen LogP contribution in [0.5, 0.6) is 0 Å². The number of halogens is 3. The summed E-state index contributed by atoms with van der Waals surface area (Å²) in [6.45, 7) is 0.968. The van der Waals surface area contributed by atoms with Crippen molar-refractivity contribution in [1.29, 1.82) is 0 Å². The lowest BCUT2D eigenvalue weighted by Crippen LogP contribution is -2.51. The van der Waals surface area contributed by atoms with Gasteiger partial charge in [0.05, 0.1) is 22.1 Å². The van der Waals surface area contributed by atoms with Gasteiger partial charge in [0.15, 0.2) is 0 Å². The van der Waals surface area contributed by atoms with Crippen molar-refractivity contribution in [2.45, 2.75) is 17.0 Å². The molecule has 30 heavy (non-hydrogen) atoms. The number of piperazine rings is 1. The smallest absolute Gasteiger partial charge is 0.339 e. The van der Waals surface area contributed by atoms with Crippen LogP contribution in [0.3, 0.4) is 0 Å². The third-order valence-corrected chi connectivity index (χ3v) is 7.36. The number of hydrogen-bond acceptors (Lipinski definition) is 5. The molecule has 3 rings (SSSR count). The molecule has 1 aliphatic rings. The molecular formula is C19H20F3N3O3S2. The van der Waals surface area contributed by atoms with Crippen LogP contribution in [0.15, 0.2) is 53.7 Å². The predicted molar refractivity (Wildman–Crippen MR) is 107 cm³/mol. The predicted octanol–water partition coefficient (Wildman–Crippen LogP) is 2.87. The highest BCUT2D eigenvalue weighted by atomic mass is 32.2. The van der Waals surface area contributed by atoms with Crippen LogP contribution in [-0.2, 0) is 26.7 Å². The molecule has 1 fully saturated rings. The van der Waals surface area contributed by atoms with Gasteiger partial charge in [-0.15, -0.1) is 0 Å². The Morgan fingerprint density at radius 2 is 1.70 bits per heavy atom. The van der Waals surface area contributed by atoms with Crippen molar-refractivity contribution in [3.8, 4) is 0 Å². The average Bonchev–Trinajstić information content (AvgIpc) is 2.72. The van der Waals surface area contributed by atoms with Crippen LogP contribution in [0.25, 0.3) is 0 Å². The van der Waals surface area contributed by atoms with Gasteiger partial charge in [0.2, 0.25) is 15.9 Å². The van der Waals surface area contributed by atoms with E-state index in [4.69, 9.17) is 0 Å². The van der Waals surface area contributed by atoms with E-state index in [0.717, 1.165) is 24.0 Å². The van der Waals surface area contributed by atoms with Crippen molar-refractivity contribution in [1.82, 2.24) is 14.2 Å². The van der Waals surface area contributed by atoms with Gasteiger partial charge in [-0.3, -0.25) is 4.79 Å². The third-order valence-electron chi connectivity index (χ3n) is 4.58. The maximum atomic E-state index is 12.6. The van der Waals surface area contributed by atoms with Crippen LogP contribution >= 0.6 is 11.8 Å². The normalized spacial score (nSPS) is 15.9. The lowest BCUT2D eigenvalue weighted by molar-refractivity contribution is -0.138. The summed E-state index contributed by atoms with van der Waals surface area (Å²) in [7, 11) is -3.47. The molecule has 0 spiro atoms. The molecule has 0 bridgehead atoms. The molecule has 11 heteroatoms. The Labute approximate surface area is 177 Å². The van der Waals surface area contributed by atoms with Gasteiger partial charge in [0.25, 0.3) is 0 Å². The van der Waals surface area contributed by atoms with Crippen LogP contribution in [-0.4, -0.2) is 60.4 Å². The second kappa shape index (κ2) is 9.36. The number of sulfonamides is 1. The number of pyridine rings is 1. The van der Waals surface area contributed by atoms with Crippen molar-refractivity contribution in [3.63, 3.8) is 0 Å². The molecule has 6 nitrogen and oxygen atoms in total. The molecule has 1 aromatic carbocycles. The SMILES string of the molecule is O=C(CSc1ccc(C(F)(F)F)cn1)N1CCN(S(=O)(=O)Cc2ccccc2)CC1. The number of aromatic nitrogens is 1. The minimum absolute atomic E-state index is 0.0229. The van der Waals surface area contributed by atoms with E-state index in [-0.39, 0.29) is 43.6 Å². The summed E-state index contributed by atoms with van der Waals surface area (Å²) in [5.74, 6) is -0.270. The fraction of sp³-hybridized carbons (Fsp3) is 0.368. The van der Waals surface area contributed by atoms with Crippen LogP contribution in [0, 0.1) is 0 Å². The zero-order valence-corrected chi connectivity index (χ0v) is 17.5. The number of nitrogens with zero attached hydrogens (tertiary/aromatic N) is 3. The molecule has 0 unspecified atom stereocenters. The second-order valence-electron chi connectivity index (χ2n) is 6.69. The van der Waals surface area contributed by atoms with Gasteiger partial charge in [-0.1, -0.05) is 42.1 Å². The van der Waals surface area contributed by atoms with E-state index in [1.807, 2.05) is 6.07 Å². The highest BCUT2D eigenvalue weighted by Crippen LogP contribution is 2.29. The Hall–Kier alpha value is -2.11. The molecule has 0 atom stereocenters. The van der Waals surface area contributed by atoms with E-state index in [0.29, 0.717) is 10.6 Å². The first-order valence-electron chi connectivity index (χ1n) is 9.11. The zero-order chi connectivity index (χ0) is 21.8. The van der Waals surface area contributed by atoms with Crippen LogP contribution < -0.4 is 0 Å². The Bertz CT molecular complexity index is 960. The molecule has 2 heterocycles. The number of amides is 1. The standard InChI is InChI=1S/C19H20F3N3O3S2/c20-19(21,22)16-6-7-17(23-12-16)29-13-18(26)24-8-10-25(11-9-24)30(27,28)14-15-4-2-1-3-5-15/h1-7,12H,8-11,13-14H2. The van der Waals surface area contributed by atoms with Gasteiger partial charge in [0.1, 0.15) is 0 Å². The number of rotatable bonds is 6. The van der Waals surface area contributed by atoms with Crippen molar-refractivity contribution >= 4 is 27.7 Å². The summed E-state index contributed by atoms with van der Waals surface area (Å²) in [5.41, 5.74) is -0.137. The lowest BCUT2D eigenvalue weighted by atomic mass is 10.2. The summed E-state index contributed by atoms with van der Waals surface area (Å²) in [6.07, 6.45) is -3.71. The number of thioether (sulfide) groups is 1. The first-order valence-corrected chi connectivity index (χ1v) is 11.7. The van der Waals surface area contributed by atoms with Gasteiger partial charge in [-0.25, -0.2) is 13.4 Å². The van der Waals surface area contributed by atoms with E-state index in [1.165, 1.54) is 10.4 Å². The third kappa shape index (κ3) is 5.96. The van der Waals surface area contributed by atoms with Gasteiger partial charge in [-0.2, -0.15) is 17.5 Å². The minimum Gasteiger partial charge on any atom is -0.339 e. The Balaban J connectivity index is 1.48. The molecular weight excluding hydrogens is 439 g/mol. The fourth-order valence-electron chi connectivity index (χ4n) is 2.95. The second-order valence-corrected chi connectivity index (χ2v) is 9.66. The Morgan fingerprint density at radius 3 is 2.27 bits per heavy atom. The summed E-state index contributed by atoms with van der Waals surface area (Å²) < 4.78 is 64.2. The molecule has 0 radical (unpaired) electrons. The summed E-state index contributed by atoms with van der Waals surface area (Å²) in [5, 5.41) is 0.320. The average molecular weight is 460 g/mol. The Morgan fingerprint density at radius 1 is 1.03 bits per heavy atom. The Kier molecular flexibility index (Phi) is 7.04. The molecule has 1 saturated heterocycles. The molecule has 2 aromatic rings. The number of carbonyl (C=O) groups excluding carboxylic acids is 1. The van der Waals surface area contributed by atoms with Gasteiger partial charge in [0, 0.05) is 32.4 Å². The topological polar surface area (TPSA) is 70.6 Å². The highest BCUT2D eigenvalue weighted by Gasteiger charge is 2.31. The van der Waals surface area contributed by atoms with E-state index in [2.05, 4.69) is 4.98 Å². The van der Waals surface area contributed by atoms with Crippen LogP contribution in [0.1, 0.15) is 11.1 Å². The first-order chi connectivity index (χ1) is 14.1. The van der Waals surface area contributed by atoms with Gasteiger partial charge >= 0.3 is 6.18 Å². The molecule has 0 N–H and O–H groups in total. The molecule has 0 aliphatic carbocycles. The number of hydrogen-bond donors (Lipinski definition) is 0. The van der Waals surface area contributed by atoms with E-state index >= 15 is 0 Å². The monoisotopic (exact) mass is 459 g/mol. The van der Waals surface area contributed by atoms with Crippen molar-refractivity contribution in [2.75, 3.05) is 31.9 Å². The maximum Gasteiger partial charge on any atom is 0.417 e. The van der Waals surface area contributed by atoms with E-state index in [1.54, 1.807) is 29.2 Å². The molecule has 1 aromatic heterocycles. The van der Waals surface area contributed by atoms with Crippen molar-refractivity contribution in [3.05, 3.63) is 59.8 Å². The van der Waals surface area contributed by atoms with Crippen molar-refractivity contribution < 1.29 is 26.4 Å². The molecule has 1 aliphatic heterocycles. The molecule has 0 saturated carbocycles. The molecule has 162 valence electrons. The first kappa shape index (κ1) is 22.6. The van der Waals surface area contributed by atoms with Gasteiger partial charge < -0.3 is 4.90 Å². The molecule has 1 amide bonds. The minimum atomic E-state index is -4.45. The summed E-state index contributed by atoms with van der Waals surface area (Å²) >= 11 is 1.05. The zero-order valence-electron chi connectivity index (χ0n) is 15.9. The van der Waals surface area contributed by atoms with Crippen LogP contribution in [0.4, 0.5) is 13.2 Å². The van der Waals surface area contributed by atoms with Crippen LogP contribution in [0.2, 0.25) is 0 Å². The largest absolute Gasteiger partial charge is 0.417 e.